The van der Waals surface area contributed by atoms with Crippen molar-refractivity contribution < 1.29 is 27.2 Å². The van der Waals surface area contributed by atoms with Crippen molar-refractivity contribution in [3.05, 3.63) is 59.4 Å². The van der Waals surface area contributed by atoms with E-state index in [1.165, 1.54) is 4.90 Å². The van der Waals surface area contributed by atoms with E-state index in [-0.39, 0.29) is 17.0 Å². The molecule has 8 heteroatoms. The minimum Gasteiger partial charge on any atom is -0.449 e. The van der Waals surface area contributed by atoms with E-state index < -0.39 is 23.6 Å². The second kappa shape index (κ2) is 4.85. The van der Waals surface area contributed by atoms with E-state index in [9.17, 15) is 22.8 Å². The monoisotopic (exact) mass is 346 g/mol. The van der Waals surface area contributed by atoms with E-state index in [4.69, 9.17) is 10.2 Å². The minimum atomic E-state index is -4.49. The van der Waals surface area contributed by atoms with Gasteiger partial charge >= 0.3 is 6.18 Å². The van der Waals surface area contributed by atoms with Gasteiger partial charge in [-0.2, -0.15) is 13.2 Å². The highest BCUT2D eigenvalue weighted by molar-refractivity contribution is 6.29. The molecule has 4 rings (SSSR count). The van der Waals surface area contributed by atoms with E-state index in [0.29, 0.717) is 16.7 Å². The van der Waals surface area contributed by atoms with Gasteiger partial charge in [0.05, 0.1) is 16.6 Å². The lowest BCUT2D eigenvalue weighted by Crippen LogP contribution is -2.32. The van der Waals surface area contributed by atoms with Gasteiger partial charge in [0.15, 0.2) is 0 Å². The Morgan fingerprint density at radius 3 is 2.32 bits per heavy atom. The van der Waals surface area contributed by atoms with Gasteiger partial charge in [-0.1, -0.05) is 6.07 Å². The molecule has 0 saturated heterocycles. The van der Waals surface area contributed by atoms with Crippen LogP contribution in [-0.4, -0.2) is 11.8 Å². The van der Waals surface area contributed by atoms with Crippen molar-refractivity contribution in [3.63, 3.8) is 0 Å². The van der Waals surface area contributed by atoms with Gasteiger partial charge in [0.2, 0.25) is 5.76 Å². The van der Waals surface area contributed by atoms with Crippen molar-refractivity contribution in [1.29, 1.82) is 0 Å². The first kappa shape index (κ1) is 15.3. The zero-order chi connectivity index (χ0) is 17.9. The fourth-order valence-corrected chi connectivity index (χ4v) is 2.89. The smallest absolute Gasteiger partial charge is 0.416 e. The number of furan rings is 1. The number of hydrogen-bond donors (Lipinski definition) is 1. The molecule has 0 saturated carbocycles. The van der Waals surface area contributed by atoms with Crippen LogP contribution >= 0.6 is 0 Å². The Labute approximate surface area is 138 Å². The number of alkyl halides is 3. The molecule has 1 aliphatic rings. The van der Waals surface area contributed by atoms with E-state index in [1.54, 1.807) is 18.2 Å². The molecule has 5 nitrogen and oxygen atoms in total. The molecular weight excluding hydrogens is 337 g/mol. The standard InChI is InChI=1S/C17H9F3N2O3/c18-17(19,20)9-6-4-8(5-7-9)16(24)22-10-2-1-3-11-12(10)13(22)14(25-11)15(21)23/h1-7H,(H2,21,23). The SMILES string of the molecule is NC(=O)c1oc2cccc3c2c1N3C(=O)c1ccc(C(F)(F)F)cc1. The molecule has 1 aliphatic heterocycles. The van der Waals surface area contributed by atoms with Gasteiger partial charge in [-0.15, -0.1) is 0 Å². The predicted molar refractivity (Wildman–Crippen MR) is 82.6 cm³/mol. The number of halogens is 3. The molecule has 2 heterocycles. The number of nitrogens with zero attached hydrogens (tertiary/aromatic N) is 1. The summed E-state index contributed by atoms with van der Waals surface area (Å²) in [5.74, 6) is -1.56. The Bertz CT molecular complexity index is 1040. The average molecular weight is 346 g/mol. The van der Waals surface area contributed by atoms with Crippen molar-refractivity contribution in [2.45, 2.75) is 6.18 Å². The van der Waals surface area contributed by atoms with E-state index >= 15 is 0 Å². The van der Waals surface area contributed by atoms with Crippen molar-refractivity contribution in [2.75, 3.05) is 4.90 Å². The molecule has 0 radical (unpaired) electrons. The number of carbonyl (C=O) groups is 2. The Hall–Kier alpha value is -3.29. The van der Waals surface area contributed by atoms with Crippen molar-refractivity contribution in [1.82, 2.24) is 0 Å². The highest BCUT2D eigenvalue weighted by Crippen LogP contribution is 2.51. The van der Waals surface area contributed by atoms with Crippen LogP contribution in [0, 0.1) is 0 Å². The van der Waals surface area contributed by atoms with Crippen LogP contribution < -0.4 is 10.6 Å². The van der Waals surface area contributed by atoms with Crippen LogP contribution in [0.1, 0.15) is 26.5 Å². The lowest BCUT2D eigenvalue weighted by molar-refractivity contribution is -0.137. The van der Waals surface area contributed by atoms with Crippen LogP contribution in [0.2, 0.25) is 0 Å². The van der Waals surface area contributed by atoms with Gasteiger partial charge in [-0.25, -0.2) is 0 Å². The molecule has 3 aromatic rings. The van der Waals surface area contributed by atoms with Gasteiger partial charge in [0.1, 0.15) is 11.3 Å². The Kier molecular flexibility index (Phi) is 2.96. The summed E-state index contributed by atoms with van der Waals surface area (Å²) in [6, 6.07) is 8.77. The minimum absolute atomic E-state index is 0.0484. The number of benzene rings is 2. The molecule has 0 fully saturated rings. The number of primary amides is 1. The fraction of sp³-hybridized carbons (Fsp3) is 0.0588. The van der Waals surface area contributed by atoms with Crippen LogP contribution in [-0.2, 0) is 6.18 Å². The quantitative estimate of drug-likeness (QED) is 0.766. The molecule has 25 heavy (non-hydrogen) atoms. The summed E-state index contributed by atoms with van der Waals surface area (Å²) in [5, 5.41) is 0.594. The summed E-state index contributed by atoms with van der Waals surface area (Å²) in [7, 11) is 0. The number of amides is 2. The van der Waals surface area contributed by atoms with Crippen LogP contribution in [0.15, 0.2) is 46.9 Å². The first-order chi connectivity index (χ1) is 11.8. The summed E-state index contributed by atoms with van der Waals surface area (Å²) in [4.78, 5) is 25.5. The maximum atomic E-state index is 12.7. The topological polar surface area (TPSA) is 76.5 Å². The summed E-state index contributed by atoms with van der Waals surface area (Å²) in [5.41, 5.74) is 5.64. The molecule has 2 amide bonds. The third-order valence-electron chi connectivity index (χ3n) is 4.02. The van der Waals surface area contributed by atoms with Gasteiger partial charge in [0.25, 0.3) is 11.8 Å². The third kappa shape index (κ3) is 2.10. The summed E-state index contributed by atoms with van der Waals surface area (Å²) in [6.07, 6.45) is -4.49. The number of hydrogen-bond acceptors (Lipinski definition) is 3. The highest BCUT2D eigenvalue weighted by Gasteiger charge is 2.39. The second-order valence-electron chi connectivity index (χ2n) is 5.51. The summed E-state index contributed by atoms with van der Waals surface area (Å²) >= 11 is 0. The highest BCUT2D eigenvalue weighted by atomic mass is 19.4. The van der Waals surface area contributed by atoms with Gasteiger partial charge in [-0.05, 0) is 36.4 Å². The maximum absolute atomic E-state index is 12.7. The van der Waals surface area contributed by atoms with Crippen LogP contribution in [0.3, 0.4) is 0 Å². The normalized spacial score (nSPS) is 13.0. The number of nitrogens with two attached hydrogens (primary N) is 1. The predicted octanol–water partition coefficient (Wildman–Crippen LogP) is 3.84. The Morgan fingerprint density at radius 2 is 1.72 bits per heavy atom. The number of anilines is 2. The molecular formula is C17H9F3N2O3. The molecule has 0 spiro atoms. The molecule has 2 N–H and O–H groups in total. The van der Waals surface area contributed by atoms with Crippen molar-refractivity contribution in [3.8, 4) is 0 Å². The second-order valence-corrected chi connectivity index (χ2v) is 5.51. The van der Waals surface area contributed by atoms with Crippen molar-refractivity contribution >= 4 is 34.2 Å². The molecule has 126 valence electrons. The molecule has 2 aromatic carbocycles. The Balaban J connectivity index is 1.76. The lowest BCUT2D eigenvalue weighted by Gasteiger charge is -2.30. The third-order valence-corrected chi connectivity index (χ3v) is 4.02. The van der Waals surface area contributed by atoms with Gasteiger partial charge in [-0.3, -0.25) is 14.5 Å². The molecule has 1 aromatic heterocycles. The van der Waals surface area contributed by atoms with Gasteiger partial charge in [0, 0.05) is 5.56 Å². The zero-order valence-corrected chi connectivity index (χ0v) is 12.4. The lowest BCUT2D eigenvalue weighted by atomic mass is 10.0. The largest absolute Gasteiger partial charge is 0.449 e. The first-order valence-corrected chi connectivity index (χ1v) is 7.16. The maximum Gasteiger partial charge on any atom is 0.416 e. The van der Waals surface area contributed by atoms with Crippen LogP contribution in [0.25, 0.3) is 11.0 Å². The Morgan fingerprint density at radius 1 is 1.04 bits per heavy atom. The molecule has 0 atom stereocenters. The molecule has 0 aliphatic carbocycles. The van der Waals surface area contributed by atoms with E-state index in [1.807, 2.05) is 0 Å². The molecule has 0 bridgehead atoms. The van der Waals surface area contributed by atoms with Crippen molar-refractivity contribution in [2.24, 2.45) is 5.73 Å². The van der Waals surface area contributed by atoms with E-state index in [0.717, 1.165) is 24.3 Å². The number of rotatable bonds is 2. The zero-order valence-electron chi connectivity index (χ0n) is 12.4. The molecule has 0 unspecified atom stereocenters. The number of carbonyl (C=O) groups excluding carboxylic acids is 2. The van der Waals surface area contributed by atoms with E-state index in [2.05, 4.69) is 0 Å². The van der Waals surface area contributed by atoms with Crippen LogP contribution in [0.5, 0.6) is 0 Å². The average Bonchev–Trinajstić information content (AvgIpc) is 2.91. The van der Waals surface area contributed by atoms with Crippen LogP contribution in [0.4, 0.5) is 24.5 Å². The first-order valence-electron chi connectivity index (χ1n) is 7.16. The summed E-state index contributed by atoms with van der Waals surface area (Å²) < 4.78 is 43.3. The van der Waals surface area contributed by atoms with Gasteiger partial charge < -0.3 is 10.2 Å². The summed E-state index contributed by atoms with van der Waals surface area (Å²) in [6.45, 7) is 0. The fourth-order valence-electron chi connectivity index (χ4n) is 2.89.